The fourth-order valence-electron chi connectivity index (χ4n) is 4.82. The molecule has 0 unspecified atom stereocenters. The second kappa shape index (κ2) is 11.5. The van der Waals surface area contributed by atoms with E-state index in [1.54, 1.807) is 48.5 Å². The summed E-state index contributed by atoms with van der Waals surface area (Å²) in [6, 6.07) is 15.1. The molecule has 0 spiro atoms. The van der Waals surface area contributed by atoms with Crippen LogP contribution in [0.25, 0.3) is 11.1 Å². The van der Waals surface area contributed by atoms with Gasteiger partial charge in [-0.3, -0.25) is 9.59 Å². The van der Waals surface area contributed by atoms with Crippen molar-refractivity contribution in [3.05, 3.63) is 82.6 Å². The zero-order chi connectivity index (χ0) is 26.6. The number of carbonyl (C=O) groups is 2. The van der Waals surface area contributed by atoms with Gasteiger partial charge in [0.25, 0.3) is 5.91 Å². The van der Waals surface area contributed by atoms with Crippen LogP contribution in [-0.2, 0) is 4.79 Å². The quantitative estimate of drug-likeness (QED) is 0.326. The second-order valence-electron chi connectivity index (χ2n) is 9.47. The van der Waals surface area contributed by atoms with E-state index in [9.17, 15) is 19.1 Å². The van der Waals surface area contributed by atoms with Gasteiger partial charge in [0.05, 0.1) is 11.1 Å². The van der Waals surface area contributed by atoms with Crippen LogP contribution in [0.5, 0.6) is 11.5 Å². The number of fused-ring (bicyclic) bond motifs is 1. The van der Waals surface area contributed by atoms with Crippen LogP contribution < -0.4 is 14.8 Å². The molecule has 198 valence electrons. The van der Waals surface area contributed by atoms with Crippen molar-refractivity contribution < 1.29 is 28.6 Å². The van der Waals surface area contributed by atoms with Gasteiger partial charge in [-0.1, -0.05) is 48.0 Å². The molecular formula is C29H28ClFN2O5. The highest BCUT2D eigenvalue weighted by atomic mass is 35.5. The molecule has 2 N–H and O–H groups in total. The van der Waals surface area contributed by atoms with Crippen molar-refractivity contribution in [1.29, 1.82) is 0 Å². The Morgan fingerprint density at radius 3 is 2.29 bits per heavy atom. The van der Waals surface area contributed by atoms with Crippen LogP contribution in [0.1, 0.15) is 34.9 Å². The van der Waals surface area contributed by atoms with Gasteiger partial charge in [-0.25, -0.2) is 4.39 Å². The monoisotopic (exact) mass is 538 g/mol. The molecule has 3 aromatic rings. The van der Waals surface area contributed by atoms with Crippen molar-refractivity contribution >= 4 is 23.3 Å². The van der Waals surface area contributed by atoms with Gasteiger partial charge in [-0.15, -0.1) is 0 Å². The lowest BCUT2D eigenvalue weighted by molar-refractivity contribution is -0.118. The number of aliphatic hydroxyl groups excluding tert-OH is 1. The van der Waals surface area contributed by atoms with E-state index < -0.39 is 23.8 Å². The topological polar surface area (TPSA) is 88.1 Å². The maximum Gasteiger partial charge on any atom is 0.292 e. The average molecular weight is 539 g/mol. The minimum absolute atomic E-state index is 0.213. The molecule has 9 heteroatoms. The van der Waals surface area contributed by atoms with Gasteiger partial charge < -0.3 is 24.8 Å². The maximum absolute atomic E-state index is 13.2. The van der Waals surface area contributed by atoms with E-state index >= 15 is 0 Å². The molecule has 0 bridgehead atoms. The van der Waals surface area contributed by atoms with Crippen molar-refractivity contribution in [2.75, 3.05) is 32.8 Å². The molecule has 2 aliphatic rings. The number of nitrogens with zero attached hydrogens (tertiary/aromatic N) is 1. The number of hydrogen-bond donors (Lipinski definition) is 2. The first-order chi connectivity index (χ1) is 18.4. The first-order valence-corrected chi connectivity index (χ1v) is 13.0. The lowest BCUT2D eigenvalue weighted by atomic mass is 9.99. The van der Waals surface area contributed by atoms with Crippen LogP contribution >= 0.6 is 11.6 Å². The van der Waals surface area contributed by atoms with E-state index in [2.05, 4.69) is 10.2 Å². The number of aliphatic hydroxyl groups is 1. The summed E-state index contributed by atoms with van der Waals surface area (Å²) in [6.07, 6.45) is 0.930. The van der Waals surface area contributed by atoms with Gasteiger partial charge in [0.1, 0.15) is 25.1 Å². The number of amides is 1. The highest BCUT2D eigenvalue weighted by Crippen LogP contribution is 2.40. The number of benzene rings is 3. The van der Waals surface area contributed by atoms with Crippen LogP contribution in [0.4, 0.5) is 4.39 Å². The van der Waals surface area contributed by atoms with Gasteiger partial charge in [0.15, 0.2) is 11.5 Å². The Morgan fingerprint density at radius 2 is 1.61 bits per heavy atom. The molecule has 1 amide bonds. The number of nitrogens with one attached hydrogen (secondary N) is 1. The maximum atomic E-state index is 13.2. The number of ketones is 1. The molecule has 3 aromatic carbocycles. The standard InChI is InChI=1S/C29H28ClFN2O5/c30-23-15-21(16-25-28(23)38-14-13-37-25)26(34)24(17-33-11-1-2-12-33)32-29(36)27(35)20-5-3-18(4-6-20)19-7-9-22(31)10-8-19/h3-10,15-16,24,26,34H,1-2,11-14,17H2,(H,32,36)/t24-,26-/m1/s1. The fourth-order valence-corrected chi connectivity index (χ4v) is 5.10. The average Bonchev–Trinajstić information content (AvgIpc) is 3.45. The van der Waals surface area contributed by atoms with E-state index in [4.69, 9.17) is 21.1 Å². The Morgan fingerprint density at radius 1 is 0.974 bits per heavy atom. The van der Waals surface area contributed by atoms with Gasteiger partial charge in [0, 0.05) is 12.1 Å². The first-order valence-electron chi connectivity index (χ1n) is 12.6. The minimum atomic E-state index is -1.14. The summed E-state index contributed by atoms with van der Waals surface area (Å²) in [5.74, 6) is -1.00. The molecule has 0 saturated carbocycles. The van der Waals surface area contributed by atoms with Crippen molar-refractivity contribution in [2.45, 2.75) is 25.0 Å². The summed E-state index contributed by atoms with van der Waals surface area (Å²) in [4.78, 5) is 28.2. The Kier molecular flexibility index (Phi) is 7.93. The van der Waals surface area contributed by atoms with Crippen molar-refractivity contribution in [3.8, 4) is 22.6 Å². The summed E-state index contributed by atoms with van der Waals surface area (Å²) >= 11 is 6.38. The highest BCUT2D eigenvalue weighted by Gasteiger charge is 2.30. The number of hydrogen-bond acceptors (Lipinski definition) is 6. The zero-order valence-electron chi connectivity index (χ0n) is 20.7. The van der Waals surface area contributed by atoms with E-state index in [0.29, 0.717) is 41.8 Å². The SMILES string of the molecule is O=C(N[C@H](CN1CCCC1)[C@H](O)c1cc(Cl)c2c(c1)OCCO2)C(=O)c1ccc(-c2ccc(F)cc2)cc1. The zero-order valence-corrected chi connectivity index (χ0v) is 21.4. The molecule has 1 saturated heterocycles. The lowest BCUT2D eigenvalue weighted by Gasteiger charge is -2.29. The summed E-state index contributed by atoms with van der Waals surface area (Å²) in [6.45, 7) is 2.82. The second-order valence-corrected chi connectivity index (χ2v) is 9.88. The van der Waals surface area contributed by atoms with Crippen LogP contribution in [-0.4, -0.2) is 60.6 Å². The molecule has 0 aromatic heterocycles. The molecule has 7 nitrogen and oxygen atoms in total. The molecule has 5 rings (SSSR count). The molecule has 2 heterocycles. The Balaban J connectivity index is 1.33. The van der Waals surface area contributed by atoms with E-state index in [1.807, 2.05) is 0 Å². The number of likely N-dealkylation sites (tertiary alicyclic amines) is 1. The molecule has 2 aliphatic heterocycles. The lowest BCUT2D eigenvalue weighted by Crippen LogP contribution is -2.48. The molecule has 0 radical (unpaired) electrons. The van der Waals surface area contributed by atoms with E-state index in [1.165, 1.54) is 12.1 Å². The summed E-state index contributed by atoms with van der Waals surface area (Å²) in [7, 11) is 0. The third kappa shape index (κ3) is 5.83. The van der Waals surface area contributed by atoms with Gasteiger partial charge in [-0.2, -0.15) is 0 Å². The number of ether oxygens (including phenoxy) is 2. The molecular weight excluding hydrogens is 511 g/mol. The Bertz CT molecular complexity index is 1310. The summed E-state index contributed by atoms with van der Waals surface area (Å²) in [5.41, 5.74) is 2.26. The van der Waals surface area contributed by atoms with Crippen molar-refractivity contribution in [2.24, 2.45) is 0 Å². The molecule has 1 fully saturated rings. The van der Waals surface area contributed by atoms with Crippen LogP contribution in [0.2, 0.25) is 5.02 Å². The van der Waals surface area contributed by atoms with Crippen molar-refractivity contribution in [1.82, 2.24) is 10.2 Å². The Labute approximate surface area is 225 Å². The summed E-state index contributed by atoms with van der Waals surface area (Å²) < 4.78 is 24.4. The van der Waals surface area contributed by atoms with Crippen LogP contribution in [0.3, 0.4) is 0 Å². The van der Waals surface area contributed by atoms with Crippen molar-refractivity contribution in [3.63, 3.8) is 0 Å². The molecule has 2 atom stereocenters. The van der Waals surface area contributed by atoms with E-state index in [-0.39, 0.29) is 11.4 Å². The number of Topliss-reactive ketones (excluding diaryl/α,β-unsaturated/α-hetero) is 1. The third-order valence-corrected chi connectivity index (χ3v) is 7.12. The normalized spacial score (nSPS) is 16.6. The molecule has 0 aliphatic carbocycles. The molecule has 38 heavy (non-hydrogen) atoms. The summed E-state index contributed by atoms with van der Waals surface area (Å²) in [5, 5.41) is 14.4. The highest BCUT2D eigenvalue weighted by molar-refractivity contribution is 6.42. The van der Waals surface area contributed by atoms with Gasteiger partial charge in [-0.05, 0) is 66.9 Å². The minimum Gasteiger partial charge on any atom is -0.486 e. The number of carbonyl (C=O) groups excluding carboxylic acids is 2. The predicted molar refractivity (Wildman–Crippen MR) is 141 cm³/mol. The Hall–Kier alpha value is -3.46. The van der Waals surface area contributed by atoms with Gasteiger partial charge in [0.2, 0.25) is 5.78 Å². The third-order valence-electron chi connectivity index (χ3n) is 6.84. The fraction of sp³-hybridized carbons (Fsp3) is 0.310. The van der Waals surface area contributed by atoms with E-state index in [0.717, 1.165) is 37.1 Å². The van der Waals surface area contributed by atoms with Crippen LogP contribution in [0, 0.1) is 5.82 Å². The smallest absolute Gasteiger partial charge is 0.292 e. The van der Waals surface area contributed by atoms with Gasteiger partial charge >= 0.3 is 0 Å². The number of rotatable bonds is 8. The largest absolute Gasteiger partial charge is 0.486 e. The van der Waals surface area contributed by atoms with Crippen LogP contribution in [0.15, 0.2) is 60.7 Å². The first kappa shape index (κ1) is 26.2. The number of halogens is 2. The predicted octanol–water partition coefficient (Wildman–Crippen LogP) is 4.41.